The van der Waals surface area contributed by atoms with Crippen molar-refractivity contribution in [1.29, 1.82) is 0 Å². The van der Waals surface area contributed by atoms with E-state index in [4.69, 9.17) is 21.1 Å². The van der Waals surface area contributed by atoms with Crippen LogP contribution in [0.4, 0.5) is 0 Å². The number of hydrogen-bond donors (Lipinski definition) is 1. The van der Waals surface area contributed by atoms with Gasteiger partial charge in [-0.3, -0.25) is 14.3 Å². The highest BCUT2D eigenvalue weighted by Gasteiger charge is 2.26. The third-order valence-corrected chi connectivity index (χ3v) is 5.29. The number of aromatic amines is 1. The largest absolute Gasteiger partial charge is 0.488 e. The number of ketones is 1. The van der Waals surface area contributed by atoms with Crippen LogP contribution in [0.1, 0.15) is 35.8 Å². The van der Waals surface area contributed by atoms with Crippen LogP contribution < -0.4 is 10.3 Å². The molecule has 0 fully saturated rings. The fourth-order valence-corrected chi connectivity index (χ4v) is 3.62. The lowest BCUT2D eigenvalue weighted by Gasteiger charge is -2.14. The van der Waals surface area contributed by atoms with Crippen LogP contribution in [-0.4, -0.2) is 50.6 Å². The van der Waals surface area contributed by atoms with Crippen molar-refractivity contribution in [3.8, 4) is 5.75 Å². The lowest BCUT2D eigenvalue weighted by atomic mass is 10.1. The first-order valence-electron chi connectivity index (χ1n) is 8.08. The quantitative estimate of drug-likeness (QED) is 0.521. The van der Waals surface area contributed by atoms with Crippen LogP contribution >= 0.6 is 11.6 Å². The Morgan fingerprint density at radius 1 is 1.26 bits per heavy atom. The van der Waals surface area contributed by atoms with Gasteiger partial charge in [0.15, 0.2) is 15.6 Å². The van der Waals surface area contributed by atoms with Gasteiger partial charge < -0.3 is 14.6 Å². The van der Waals surface area contributed by atoms with Gasteiger partial charge in [-0.15, -0.1) is 0 Å². The van der Waals surface area contributed by atoms with Crippen molar-refractivity contribution >= 4 is 27.2 Å². The molecule has 0 atom stereocenters. The summed E-state index contributed by atoms with van der Waals surface area (Å²) in [6.45, 7) is 3.83. The Balaban J connectivity index is 2.56. The summed E-state index contributed by atoms with van der Waals surface area (Å²) in [7, 11) is -2.18. The molecule has 0 amide bonds. The molecule has 0 aliphatic rings. The van der Waals surface area contributed by atoms with Crippen molar-refractivity contribution in [2.75, 3.05) is 26.6 Å². The standard InChI is InChI=1S/C17H21ClN2O6S/c1-10(2)20-17(22)12(9-19-20)15(21)11-5-6-13(27(4,23)24)16(14(11)18)26-8-7-25-3/h5-6,9-10,19H,7-8H2,1-4H3. The number of rotatable bonds is 8. The van der Waals surface area contributed by atoms with Gasteiger partial charge in [0.05, 0.1) is 11.6 Å². The van der Waals surface area contributed by atoms with Crippen molar-refractivity contribution in [1.82, 2.24) is 9.78 Å². The second-order valence-corrected chi connectivity index (χ2v) is 8.52. The summed E-state index contributed by atoms with van der Waals surface area (Å²) in [5.74, 6) is -0.765. The molecule has 0 saturated heterocycles. The summed E-state index contributed by atoms with van der Waals surface area (Å²) in [6, 6.07) is 2.36. The number of halogens is 1. The van der Waals surface area contributed by atoms with E-state index in [1.54, 1.807) is 13.8 Å². The molecular weight excluding hydrogens is 396 g/mol. The minimum absolute atomic E-state index is 0.0245. The van der Waals surface area contributed by atoms with Crippen LogP contribution in [0, 0.1) is 0 Å². The van der Waals surface area contributed by atoms with E-state index in [9.17, 15) is 18.0 Å². The van der Waals surface area contributed by atoms with Crippen molar-refractivity contribution in [2.45, 2.75) is 24.8 Å². The Kier molecular flexibility index (Phi) is 6.50. The highest BCUT2D eigenvalue weighted by atomic mass is 35.5. The Morgan fingerprint density at radius 3 is 2.44 bits per heavy atom. The first-order valence-corrected chi connectivity index (χ1v) is 10.4. The van der Waals surface area contributed by atoms with E-state index >= 15 is 0 Å². The second kappa shape index (κ2) is 8.28. The van der Waals surface area contributed by atoms with Crippen LogP contribution in [0.2, 0.25) is 5.02 Å². The summed E-state index contributed by atoms with van der Waals surface area (Å²) in [4.78, 5) is 25.1. The lowest BCUT2D eigenvalue weighted by Crippen LogP contribution is -2.23. The summed E-state index contributed by atoms with van der Waals surface area (Å²) in [6.07, 6.45) is 2.31. The molecule has 0 radical (unpaired) electrons. The van der Waals surface area contributed by atoms with Gasteiger partial charge in [0, 0.05) is 31.2 Å². The number of aromatic nitrogens is 2. The number of carbonyl (C=O) groups excluding carboxylic acids is 1. The zero-order valence-corrected chi connectivity index (χ0v) is 17.0. The highest BCUT2D eigenvalue weighted by Crippen LogP contribution is 2.36. The van der Waals surface area contributed by atoms with Crippen molar-refractivity contribution in [3.63, 3.8) is 0 Å². The van der Waals surface area contributed by atoms with Gasteiger partial charge in [0.25, 0.3) is 5.56 Å². The summed E-state index contributed by atoms with van der Waals surface area (Å²) < 4.78 is 35.7. The molecule has 0 saturated carbocycles. The molecule has 27 heavy (non-hydrogen) atoms. The Morgan fingerprint density at radius 2 is 1.93 bits per heavy atom. The highest BCUT2D eigenvalue weighted by molar-refractivity contribution is 7.90. The molecule has 1 heterocycles. The van der Waals surface area contributed by atoms with Gasteiger partial charge in [0.1, 0.15) is 17.1 Å². The molecule has 0 aliphatic heterocycles. The van der Waals surface area contributed by atoms with Gasteiger partial charge in [0.2, 0.25) is 5.78 Å². The van der Waals surface area contributed by atoms with E-state index in [0.29, 0.717) is 0 Å². The number of methoxy groups -OCH3 is 1. The maximum absolute atomic E-state index is 12.8. The molecule has 1 aromatic heterocycles. The molecule has 0 unspecified atom stereocenters. The molecule has 0 aliphatic carbocycles. The number of sulfone groups is 1. The van der Waals surface area contributed by atoms with E-state index in [0.717, 1.165) is 6.26 Å². The van der Waals surface area contributed by atoms with E-state index in [2.05, 4.69) is 5.10 Å². The predicted molar refractivity (Wildman–Crippen MR) is 101 cm³/mol. The van der Waals surface area contributed by atoms with Crippen molar-refractivity contribution in [3.05, 3.63) is 44.8 Å². The van der Waals surface area contributed by atoms with Gasteiger partial charge in [-0.25, -0.2) is 8.42 Å². The molecule has 0 bridgehead atoms. The topological polar surface area (TPSA) is 107 Å². The molecule has 1 N–H and O–H groups in total. The average molecular weight is 417 g/mol. The third kappa shape index (κ3) is 4.42. The molecular formula is C17H21ClN2O6S. The normalized spacial score (nSPS) is 11.8. The Bertz CT molecular complexity index is 1010. The van der Waals surface area contributed by atoms with Crippen molar-refractivity contribution < 1.29 is 22.7 Å². The van der Waals surface area contributed by atoms with Crippen LogP contribution in [-0.2, 0) is 14.6 Å². The number of carbonyl (C=O) groups is 1. The number of nitrogens with zero attached hydrogens (tertiary/aromatic N) is 1. The number of nitrogens with one attached hydrogen (secondary N) is 1. The number of ether oxygens (including phenoxy) is 2. The number of H-pyrrole nitrogens is 1. The van der Waals surface area contributed by atoms with Crippen LogP contribution in [0.15, 0.2) is 28.0 Å². The minimum Gasteiger partial charge on any atom is -0.488 e. The van der Waals surface area contributed by atoms with E-state index in [-0.39, 0.29) is 46.1 Å². The monoisotopic (exact) mass is 416 g/mol. The molecule has 1 aromatic carbocycles. The number of benzene rings is 1. The maximum atomic E-state index is 12.8. The smallest absolute Gasteiger partial charge is 0.277 e. The van der Waals surface area contributed by atoms with Gasteiger partial charge in [-0.2, -0.15) is 0 Å². The first-order chi connectivity index (χ1) is 12.6. The van der Waals surface area contributed by atoms with Gasteiger partial charge in [-0.05, 0) is 26.0 Å². The molecule has 0 spiro atoms. The van der Waals surface area contributed by atoms with E-state index < -0.39 is 21.2 Å². The number of hydrogen-bond acceptors (Lipinski definition) is 6. The molecule has 10 heteroatoms. The summed E-state index contributed by atoms with van der Waals surface area (Å²) in [5.41, 5.74) is -0.607. The average Bonchev–Trinajstić information content (AvgIpc) is 2.96. The minimum atomic E-state index is -3.65. The lowest BCUT2D eigenvalue weighted by molar-refractivity contribution is 0.103. The zero-order chi connectivity index (χ0) is 20.4. The molecule has 8 nitrogen and oxygen atoms in total. The van der Waals surface area contributed by atoms with Crippen LogP contribution in [0.25, 0.3) is 0 Å². The van der Waals surface area contributed by atoms with Gasteiger partial charge in [-0.1, -0.05) is 11.6 Å². The van der Waals surface area contributed by atoms with Crippen molar-refractivity contribution in [2.24, 2.45) is 0 Å². The molecule has 2 rings (SSSR count). The van der Waals surface area contributed by atoms with E-state index in [1.807, 2.05) is 0 Å². The fourth-order valence-electron chi connectivity index (χ4n) is 2.44. The predicted octanol–water partition coefficient (Wildman–Crippen LogP) is 2.07. The molecule has 2 aromatic rings. The molecule has 148 valence electrons. The van der Waals surface area contributed by atoms with Crippen LogP contribution in [0.3, 0.4) is 0 Å². The zero-order valence-electron chi connectivity index (χ0n) is 15.4. The van der Waals surface area contributed by atoms with Gasteiger partial charge >= 0.3 is 0 Å². The maximum Gasteiger partial charge on any atom is 0.277 e. The summed E-state index contributed by atoms with van der Waals surface area (Å²) >= 11 is 6.30. The summed E-state index contributed by atoms with van der Waals surface area (Å²) in [5, 5.41) is 2.56. The second-order valence-electron chi connectivity index (χ2n) is 6.15. The fraction of sp³-hybridized carbons (Fsp3) is 0.412. The third-order valence-electron chi connectivity index (χ3n) is 3.80. The SMILES string of the molecule is COCCOc1c(S(C)(=O)=O)ccc(C(=O)c2c[nH]n(C(C)C)c2=O)c1Cl. The Labute approximate surface area is 161 Å². The van der Waals surface area contributed by atoms with E-state index in [1.165, 1.54) is 30.1 Å². The first kappa shape index (κ1) is 21.2. The van der Waals surface area contributed by atoms with Crippen LogP contribution in [0.5, 0.6) is 5.75 Å². The Hall–Kier alpha value is -2.10.